The van der Waals surface area contributed by atoms with Gasteiger partial charge in [-0.3, -0.25) is 9.59 Å². The quantitative estimate of drug-likeness (QED) is 0.683. The summed E-state index contributed by atoms with van der Waals surface area (Å²) >= 11 is 0.969. The second-order valence-corrected chi connectivity index (χ2v) is 6.05. The minimum absolute atomic E-state index is 0.00321. The Morgan fingerprint density at radius 3 is 2.26 bits per heavy atom. The molecule has 0 bridgehead atoms. The Bertz CT molecular complexity index is 568. The lowest BCUT2D eigenvalue weighted by atomic mass is 10.3. The van der Waals surface area contributed by atoms with Gasteiger partial charge in [-0.15, -0.1) is 11.8 Å². The molecule has 0 unspecified atom stereocenters. The van der Waals surface area contributed by atoms with E-state index in [-0.39, 0.29) is 22.3 Å². The molecule has 0 aliphatic heterocycles. The fourth-order valence-corrected chi connectivity index (χ4v) is 2.21. The molecule has 1 aromatic rings. The Morgan fingerprint density at radius 1 is 1.21 bits per heavy atom. The summed E-state index contributed by atoms with van der Waals surface area (Å²) in [5, 5.41) is 15.8. The minimum atomic E-state index is -3.75. The van der Waals surface area contributed by atoms with Crippen molar-refractivity contribution in [1.29, 1.82) is 0 Å². The third-order valence-corrected chi connectivity index (χ3v) is 3.77. The predicted molar refractivity (Wildman–Crippen MR) is 71.4 cm³/mol. The lowest BCUT2D eigenvalue weighted by molar-refractivity contribution is -0.133. The van der Waals surface area contributed by atoms with E-state index in [4.69, 9.17) is 10.2 Å². The van der Waals surface area contributed by atoms with Crippen LogP contribution in [0.25, 0.3) is 0 Å². The highest BCUT2D eigenvalue weighted by atomic mass is 32.2. The van der Waals surface area contributed by atoms with Crippen LogP contribution in [0.4, 0.5) is 5.69 Å². The highest BCUT2D eigenvalue weighted by Crippen LogP contribution is 2.13. The van der Waals surface area contributed by atoms with E-state index in [0.29, 0.717) is 5.69 Å². The van der Waals surface area contributed by atoms with Crippen LogP contribution >= 0.6 is 11.8 Å². The molecule has 104 valence electrons. The molecule has 0 aliphatic rings. The van der Waals surface area contributed by atoms with E-state index in [1.54, 1.807) is 0 Å². The molecule has 0 fully saturated rings. The number of hydrogen-bond donors (Lipinski definition) is 3. The lowest BCUT2D eigenvalue weighted by Crippen LogP contribution is -2.16. The molecule has 0 atom stereocenters. The van der Waals surface area contributed by atoms with Crippen LogP contribution in [-0.4, -0.2) is 36.9 Å². The van der Waals surface area contributed by atoms with Gasteiger partial charge in [0.25, 0.3) is 0 Å². The molecule has 7 nitrogen and oxygen atoms in total. The number of nitrogens with two attached hydrogens (primary N) is 1. The Labute approximate surface area is 114 Å². The zero-order chi connectivity index (χ0) is 14.5. The SMILES string of the molecule is NS(=O)(=O)c1ccc(NC(=O)CSCC(=O)O)cc1. The Kier molecular flexibility index (Phi) is 5.33. The smallest absolute Gasteiger partial charge is 0.313 e. The third kappa shape index (κ3) is 5.73. The molecule has 0 heterocycles. The molecule has 0 spiro atoms. The molecular weight excluding hydrogens is 292 g/mol. The first-order valence-electron chi connectivity index (χ1n) is 5.01. The number of anilines is 1. The van der Waals surface area contributed by atoms with Crippen LogP contribution in [0.1, 0.15) is 0 Å². The van der Waals surface area contributed by atoms with Gasteiger partial charge in [0, 0.05) is 5.69 Å². The zero-order valence-electron chi connectivity index (χ0n) is 9.70. The molecule has 0 aromatic heterocycles. The van der Waals surface area contributed by atoms with Crippen molar-refractivity contribution in [2.75, 3.05) is 16.8 Å². The van der Waals surface area contributed by atoms with Crippen molar-refractivity contribution < 1.29 is 23.1 Å². The van der Waals surface area contributed by atoms with Crippen molar-refractivity contribution in [1.82, 2.24) is 0 Å². The van der Waals surface area contributed by atoms with Gasteiger partial charge in [0.15, 0.2) is 0 Å². The van der Waals surface area contributed by atoms with E-state index in [1.807, 2.05) is 0 Å². The van der Waals surface area contributed by atoms with Crippen molar-refractivity contribution in [2.45, 2.75) is 4.90 Å². The van der Waals surface area contributed by atoms with Gasteiger partial charge >= 0.3 is 5.97 Å². The number of sulfonamides is 1. The highest BCUT2D eigenvalue weighted by molar-refractivity contribution is 8.00. The molecule has 0 aliphatic carbocycles. The molecule has 19 heavy (non-hydrogen) atoms. The minimum Gasteiger partial charge on any atom is -0.481 e. The van der Waals surface area contributed by atoms with E-state index in [2.05, 4.69) is 5.32 Å². The first kappa shape index (κ1) is 15.5. The van der Waals surface area contributed by atoms with Crippen molar-refractivity contribution in [2.24, 2.45) is 5.14 Å². The van der Waals surface area contributed by atoms with Crippen LogP contribution in [0.5, 0.6) is 0 Å². The van der Waals surface area contributed by atoms with Gasteiger partial charge in [0.05, 0.1) is 16.4 Å². The van der Waals surface area contributed by atoms with Gasteiger partial charge < -0.3 is 10.4 Å². The molecule has 1 amide bonds. The molecule has 1 rings (SSSR count). The van der Waals surface area contributed by atoms with Gasteiger partial charge in [-0.25, -0.2) is 13.6 Å². The monoisotopic (exact) mass is 304 g/mol. The Morgan fingerprint density at radius 2 is 1.79 bits per heavy atom. The maximum absolute atomic E-state index is 11.4. The van der Waals surface area contributed by atoms with E-state index >= 15 is 0 Å². The van der Waals surface area contributed by atoms with Crippen molar-refractivity contribution in [3.63, 3.8) is 0 Å². The molecule has 0 saturated heterocycles. The summed E-state index contributed by atoms with van der Waals surface area (Å²) in [5.74, 6) is -1.51. The van der Waals surface area contributed by atoms with Gasteiger partial charge in [0.2, 0.25) is 15.9 Å². The van der Waals surface area contributed by atoms with Crippen LogP contribution in [0.2, 0.25) is 0 Å². The van der Waals surface area contributed by atoms with E-state index in [0.717, 1.165) is 11.8 Å². The Balaban J connectivity index is 2.54. The zero-order valence-corrected chi connectivity index (χ0v) is 11.3. The fourth-order valence-electron chi connectivity index (χ4n) is 1.16. The second-order valence-electron chi connectivity index (χ2n) is 3.50. The molecule has 0 radical (unpaired) electrons. The van der Waals surface area contributed by atoms with Crippen molar-refractivity contribution in [3.8, 4) is 0 Å². The third-order valence-electron chi connectivity index (χ3n) is 1.93. The van der Waals surface area contributed by atoms with Crippen molar-refractivity contribution >= 4 is 39.3 Å². The summed E-state index contributed by atoms with van der Waals surface area (Å²) in [6.07, 6.45) is 0. The fraction of sp³-hybridized carbons (Fsp3) is 0.200. The number of thioether (sulfide) groups is 1. The molecular formula is C10H12N2O5S2. The summed E-state index contributed by atoms with van der Waals surface area (Å²) in [6, 6.07) is 5.35. The summed E-state index contributed by atoms with van der Waals surface area (Å²) < 4.78 is 22.0. The number of benzene rings is 1. The maximum Gasteiger partial charge on any atom is 0.313 e. The number of hydrogen-bond acceptors (Lipinski definition) is 5. The van der Waals surface area contributed by atoms with Gasteiger partial charge in [-0.05, 0) is 24.3 Å². The Hall–Kier alpha value is -1.58. The number of carboxylic acids is 1. The van der Waals surface area contributed by atoms with E-state index < -0.39 is 16.0 Å². The van der Waals surface area contributed by atoms with Gasteiger partial charge in [-0.1, -0.05) is 0 Å². The van der Waals surface area contributed by atoms with Crippen LogP contribution in [-0.2, 0) is 19.6 Å². The van der Waals surface area contributed by atoms with Gasteiger partial charge in [0.1, 0.15) is 0 Å². The summed E-state index contributed by atoms with van der Waals surface area (Å²) in [6.45, 7) is 0. The average molecular weight is 304 g/mol. The summed E-state index contributed by atoms with van der Waals surface area (Å²) in [4.78, 5) is 21.6. The van der Waals surface area contributed by atoms with Gasteiger partial charge in [-0.2, -0.15) is 0 Å². The number of amides is 1. The molecule has 4 N–H and O–H groups in total. The van der Waals surface area contributed by atoms with Crippen LogP contribution in [0, 0.1) is 0 Å². The molecule has 1 aromatic carbocycles. The van der Waals surface area contributed by atoms with Crippen LogP contribution in [0.3, 0.4) is 0 Å². The number of carbonyl (C=O) groups is 2. The number of rotatable bonds is 6. The first-order chi connectivity index (χ1) is 8.79. The number of carboxylic acid groups (broad SMARTS) is 1. The number of carbonyl (C=O) groups excluding carboxylic acids is 1. The maximum atomic E-state index is 11.4. The van der Waals surface area contributed by atoms with Crippen LogP contribution in [0.15, 0.2) is 29.2 Å². The molecule has 9 heteroatoms. The van der Waals surface area contributed by atoms with E-state index in [1.165, 1.54) is 24.3 Å². The van der Waals surface area contributed by atoms with E-state index in [9.17, 15) is 18.0 Å². The summed E-state index contributed by atoms with van der Waals surface area (Å²) in [5.41, 5.74) is 0.410. The average Bonchev–Trinajstić information content (AvgIpc) is 2.27. The number of primary sulfonamides is 1. The summed E-state index contributed by atoms with van der Waals surface area (Å²) in [7, 11) is -3.75. The number of nitrogens with one attached hydrogen (secondary N) is 1. The first-order valence-corrected chi connectivity index (χ1v) is 7.71. The highest BCUT2D eigenvalue weighted by Gasteiger charge is 2.08. The number of aliphatic carboxylic acids is 1. The predicted octanol–water partition coefficient (Wildman–Crippen LogP) is 0.0903. The topological polar surface area (TPSA) is 127 Å². The molecule has 0 saturated carbocycles. The lowest BCUT2D eigenvalue weighted by Gasteiger charge is -2.05. The standard InChI is InChI=1S/C10H12N2O5S2/c11-19(16,17)8-3-1-7(2-4-8)12-9(13)5-18-6-10(14)15/h1-4H,5-6H2,(H,12,13)(H,14,15)(H2,11,16,17). The second kappa shape index (κ2) is 6.55. The van der Waals surface area contributed by atoms with Crippen LogP contribution < -0.4 is 10.5 Å². The normalized spacial score (nSPS) is 11.0. The largest absolute Gasteiger partial charge is 0.481 e. The van der Waals surface area contributed by atoms with Crippen molar-refractivity contribution in [3.05, 3.63) is 24.3 Å².